The largest absolute Gasteiger partial charge is 0.493 e. The third kappa shape index (κ3) is 4.41. The third-order valence-corrected chi connectivity index (χ3v) is 3.43. The predicted octanol–water partition coefficient (Wildman–Crippen LogP) is 3.57. The SMILES string of the molecule is CCCOc1ccc(/C=N\n2c(CCC)n[nH]c2=S)cc1OC. The molecule has 0 atom stereocenters. The van der Waals surface area contributed by atoms with E-state index in [0.29, 0.717) is 17.1 Å². The van der Waals surface area contributed by atoms with Gasteiger partial charge in [0.25, 0.3) is 0 Å². The van der Waals surface area contributed by atoms with E-state index in [1.165, 1.54) is 0 Å². The Hall–Kier alpha value is -2.15. The van der Waals surface area contributed by atoms with Crippen LogP contribution in [0.15, 0.2) is 23.3 Å². The first-order valence-corrected chi connectivity index (χ1v) is 8.11. The van der Waals surface area contributed by atoms with Crippen molar-refractivity contribution in [2.45, 2.75) is 33.1 Å². The highest BCUT2D eigenvalue weighted by atomic mass is 32.1. The number of aromatic amines is 1. The number of ether oxygens (including phenoxy) is 2. The topological polar surface area (TPSA) is 64.4 Å². The third-order valence-electron chi connectivity index (χ3n) is 3.16. The minimum absolute atomic E-state index is 0.486. The van der Waals surface area contributed by atoms with Crippen molar-refractivity contribution >= 4 is 18.4 Å². The quantitative estimate of drug-likeness (QED) is 0.592. The van der Waals surface area contributed by atoms with E-state index in [1.807, 2.05) is 18.2 Å². The van der Waals surface area contributed by atoms with Crippen LogP contribution in [0.25, 0.3) is 0 Å². The monoisotopic (exact) mass is 334 g/mol. The standard InChI is InChI=1S/C16H22N4O2S/c1-4-6-15-18-19-16(23)20(15)17-11-12-7-8-13(22-9-5-2)14(10-12)21-3/h7-8,10-11H,4-6,9H2,1-3H3,(H,19,23)/b17-11-. The molecule has 0 spiro atoms. The van der Waals surface area contributed by atoms with Gasteiger partial charge in [-0.15, -0.1) is 0 Å². The van der Waals surface area contributed by atoms with Gasteiger partial charge in [-0.05, 0) is 48.8 Å². The summed E-state index contributed by atoms with van der Waals surface area (Å²) < 4.78 is 13.2. The zero-order chi connectivity index (χ0) is 16.7. The number of hydrogen-bond donors (Lipinski definition) is 1. The summed E-state index contributed by atoms with van der Waals surface area (Å²) in [4.78, 5) is 0. The molecule has 0 amide bonds. The first-order chi connectivity index (χ1) is 11.2. The Kier molecular flexibility index (Phi) is 6.34. The van der Waals surface area contributed by atoms with Gasteiger partial charge in [-0.1, -0.05) is 13.8 Å². The van der Waals surface area contributed by atoms with Crippen molar-refractivity contribution < 1.29 is 9.47 Å². The lowest BCUT2D eigenvalue weighted by molar-refractivity contribution is 0.294. The van der Waals surface area contributed by atoms with E-state index in [2.05, 4.69) is 29.1 Å². The lowest BCUT2D eigenvalue weighted by Gasteiger charge is -2.10. The van der Waals surface area contributed by atoms with Crippen molar-refractivity contribution in [2.75, 3.05) is 13.7 Å². The van der Waals surface area contributed by atoms with Crippen LogP contribution in [-0.2, 0) is 6.42 Å². The Morgan fingerprint density at radius 1 is 1.30 bits per heavy atom. The number of methoxy groups -OCH3 is 1. The number of rotatable bonds is 8. The lowest BCUT2D eigenvalue weighted by atomic mass is 10.2. The number of nitrogens with one attached hydrogen (secondary N) is 1. The lowest BCUT2D eigenvalue weighted by Crippen LogP contribution is -2.00. The van der Waals surface area contributed by atoms with Crippen LogP contribution >= 0.6 is 12.2 Å². The average Bonchev–Trinajstić information content (AvgIpc) is 2.91. The maximum atomic E-state index is 5.65. The fourth-order valence-electron chi connectivity index (χ4n) is 2.05. The van der Waals surface area contributed by atoms with Crippen molar-refractivity contribution in [1.82, 2.24) is 14.9 Å². The van der Waals surface area contributed by atoms with Gasteiger partial charge in [0.15, 0.2) is 17.3 Å². The van der Waals surface area contributed by atoms with E-state index in [4.69, 9.17) is 21.7 Å². The zero-order valence-corrected chi connectivity index (χ0v) is 14.5. The second kappa shape index (κ2) is 8.47. The first kappa shape index (κ1) is 17.2. The molecule has 0 unspecified atom stereocenters. The van der Waals surface area contributed by atoms with Gasteiger partial charge >= 0.3 is 0 Å². The van der Waals surface area contributed by atoms with Crippen molar-refractivity contribution in [1.29, 1.82) is 0 Å². The molecule has 1 N–H and O–H groups in total. The fraction of sp³-hybridized carbons (Fsp3) is 0.438. The van der Waals surface area contributed by atoms with E-state index in [0.717, 1.165) is 36.4 Å². The smallest absolute Gasteiger partial charge is 0.216 e. The molecule has 7 heteroatoms. The molecule has 23 heavy (non-hydrogen) atoms. The summed E-state index contributed by atoms with van der Waals surface area (Å²) in [5.41, 5.74) is 0.899. The molecule has 0 radical (unpaired) electrons. The molecule has 0 aliphatic heterocycles. The van der Waals surface area contributed by atoms with Crippen molar-refractivity contribution in [2.24, 2.45) is 5.10 Å². The van der Waals surface area contributed by atoms with Gasteiger partial charge in [-0.25, -0.2) is 0 Å². The summed E-state index contributed by atoms with van der Waals surface area (Å²) in [7, 11) is 1.63. The minimum Gasteiger partial charge on any atom is -0.493 e. The number of aromatic nitrogens is 3. The molecule has 1 aromatic carbocycles. The zero-order valence-electron chi connectivity index (χ0n) is 13.7. The van der Waals surface area contributed by atoms with E-state index in [9.17, 15) is 0 Å². The van der Waals surface area contributed by atoms with E-state index in [1.54, 1.807) is 18.0 Å². The maximum Gasteiger partial charge on any atom is 0.216 e. The second-order valence-corrected chi connectivity index (χ2v) is 5.40. The molecule has 2 rings (SSSR count). The average molecular weight is 334 g/mol. The molecule has 2 aromatic rings. The van der Waals surface area contributed by atoms with Gasteiger partial charge in [-0.2, -0.15) is 14.9 Å². The number of hydrogen-bond acceptors (Lipinski definition) is 5. The first-order valence-electron chi connectivity index (χ1n) is 7.71. The van der Waals surface area contributed by atoms with E-state index >= 15 is 0 Å². The molecular weight excluding hydrogens is 312 g/mol. The normalized spacial score (nSPS) is 11.1. The van der Waals surface area contributed by atoms with Crippen molar-refractivity contribution in [3.63, 3.8) is 0 Å². The van der Waals surface area contributed by atoms with Gasteiger partial charge < -0.3 is 9.47 Å². The second-order valence-electron chi connectivity index (χ2n) is 5.01. The Morgan fingerprint density at radius 3 is 2.83 bits per heavy atom. The van der Waals surface area contributed by atoms with Gasteiger partial charge in [0, 0.05) is 6.42 Å². The maximum absolute atomic E-state index is 5.65. The highest BCUT2D eigenvalue weighted by Gasteiger charge is 2.06. The Labute approximate surface area is 141 Å². The molecule has 0 fully saturated rings. The van der Waals surface area contributed by atoms with Crippen LogP contribution in [0.3, 0.4) is 0 Å². The van der Waals surface area contributed by atoms with Crippen molar-refractivity contribution in [3.8, 4) is 11.5 Å². The number of aryl methyl sites for hydroxylation is 1. The van der Waals surface area contributed by atoms with Crippen LogP contribution in [0, 0.1) is 4.77 Å². The molecular formula is C16H22N4O2S. The summed E-state index contributed by atoms with van der Waals surface area (Å²) in [6, 6.07) is 5.70. The molecule has 0 saturated carbocycles. The molecule has 0 aliphatic rings. The van der Waals surface area contributed by atoms with Crippen molar-refractivity contribution in [3.05, 3.63) is 34.4 Å². The Morgan fingerprint density at radius 2 is 2.13 bits per heavy atom. The molecule has 0 aliphatic carbocycles. The molecule has 1 heterocycles. The van der Waals surface area contributed by atoms with Gasteiger partial charge in [0.2, 0.25) is 4.77 Å². The summed E-state index contributed by atoms with van der Waals surface area (Å²) in [6.45, 7) is 4.82. The molecule has 124 valence electrons. The van der Waals surface area contributed by atoms with Gasteiger partial charge in [0.05, 0.1) is 19.9 Å². The van der Waals surface area contributed by atoms with Gasteiger partial charge in [-0.3, -0.25) is 5.10 Å². The number of benzene rings is 1. The van der Waals surface area contributed by atoms with E-state index < -0.39 is 0 Å². The van der Waals surface area contributed by atoms with Crippen LogP contribution in [-0.4, -0.2) is 34.8 Å². The molecule has 0 saturated heterocycles. The van der Waals surface area contributed by atoms with Gasteiger partial charge in [0.1, 0.15) is 0 Å². The molecule has 0 bridgehead atoms. The molecule has 6 nitrogen and oxygen atoms in total. The number of nitrogens with zero attached hydrogens (tertiary/aromatic N) is 3. The van der Waals surface area contributed by atoms with Crippen LogP contribution < -0.4 is 9.47 Å². The van der Waals surface area contributed by atoms with Crippen LogP contribution in [0.2, 0.25) is 0 Å². The van der Waals surface area contributed by atoms with Crippen LogP contribution in [0.4, 0.5) is 0 Å². The van der Waals surface area contributed by atoms with E-state index in [-0.39, 0.29) is 0 Å². The highest BCUT2D eigenvalue weighted by molar-refractivity contribution is 7.71. The predicted molar refractivity (Wildman–Crippen MR) is 93.2 cm³/mol. The highest BCUT2D eigenvalue weighted by Crippen LogP contribution is 2.27. The summed E-state index contributed by atoms with van der Waals surface area (Å²) in [6.07, 6.45) is 4.48. The van der Waals surface area contributed by atoms with Crippen LogP contribution in [0.1, 0.15) is 38.1 Å². The Balaban J connectivity index is 2.23. The fourth-order valence-corrected chi connectivity index (χ4v) is 2.25. The summed E-state index contributed by atoms with van der Waals surface area (Å²) in [5.74, 6) is 2.24. The summed E-state index contributed by atoms with van der Waals surface area (Å²) in [5, 5.41) is 11.4. The van der Waals surface area contributed by atoms with Crippen LogP contribution in [0.5, 0.6) is 11.5 Å². The minimum atomic E-state index is 0.486. The Bertz CT molecular complexity index is 721. The summed E-state index contributed by atoms with van der Waals surface area (Å²) >= 11 is 5.21. The molecule has 1 aromatic heterocycles. The number of H-pyrrole nitrogens is 1.